The van der Waals surface area contributed by atoms with Gasteiger partial charge in [-0.1, -0.05) is 24.6 Å². The zero-order valence-corrected chi connectivity index (χ0v) is 13.7. The number of anilines is 2. The van der Waals surface area contributed by atoms with Crippen LogP contribution in [0, 0.1) is 5.92 Å². The lowest BCUT2D eigenvalue weighted by Gasteiger charge is -2.26. The van der Waals surface area contributed by atoms with Gasteiger partial charge in [-0.15, -0.1) is 0 Å². The second-order valence-corrected chi connectivity index (χ2v) is 6.99. The first-order chi connectivity index (χ1) is 10.3. The third kappa shape index (κ3) is 3.99. The lowest BCUT2D eigenvalue weighted by Crippen LogP contribution is -2.31. The highest BCUT2D eigenvalue weighted by molar-refractivity contribution is 7.99. The van der Waals surface area contributed by atoms with Crippen molar-refractivity contribution in [2.75, 3.05) is 36.1 Å². The lowest BCUT2D eigenvalue weighted by molar-refractivity contribution is 0.565. The lowest BCUT2D eigenvalue weighted by atomic mass is 10.1. The Morgan fingerprint density at radius 1 is 1.05 bits per heavy atom. The van der Waals surface area contributed by atoms with Gasteiger partial charge in [0.2, 0.25) is 11.9 Å². The second kappa shape index (κ2) is 7.29. The fourth-order valence-corrected chi connectivity index (χ4v) is 4.14. The Morgan fingerprint density at radius 2 is 1.81 bits per heavy atom. The van der Waals surface area contributed by atoms with Crippen molar-refractivity contribution in [1.82, 2.24) is 15.0 Å². The van der Waals surface area contributed by atoms with Crippen LogP contribution in [-0.4, -0.2) is 40.8 Å². The monoisotopic (exact) mass is 307 g/mol. The number of nitrogens with one attached hydrogen (secondary N) is 1. The summed E-state index contributed by atoms with van der Waals surface area (Å²) < 4.78 is 0. The third-order valence-corrected chi connectivity index (χ3v) is 5.47. The molecule has 3 rings (SSSR count). The quantitative estimate of drug-likeness (QED) is 0.843. The Kier molecular flexibility index (Phi) is 5.17. The molecule has 1 N–H and O–H groups in total. The largest absolute Gasteiger partial charge is 0.357 e. The van der Waals surface area contributed by atoms with E-state index < -0.39 is 0 Å². The van der Waals surface area contributed by atoms with E-state index in [1.165, 1.54) is 44.9 Å². The summed E-state index contributed by atoms with van der Waals surface area (Å²) in [4.78, 5) is 16.0. The maximum Gasteiger partial charge on any atom is 0.231 e. The molecule has 0 bridgehead atoms. The maximum absolute atomic E-state index is 4.69. The van der Waals surface area contributed by atoms with Crippen LogP contribution in [0.25, 0.3) is 0 Å². The molecule has 1 aromatic rings. The number of nitrogens with zero attached hydrogens (tertiary/aromatic N) is 4. The van der Waals surface area contributed by atoms with E-state index in [4.69, 9.17) is 4.98 Å². The Balaban J connectivity index is 1.69. The third-order valence-electron chi connectivity index (χ3n) is 4.39. The van der Waals surface area contributed by atoms with Crippen LogP contribution in [0.3, 0.4) is 0 Å². The van der Waals surface area contributed by atoms with E-state index in [2.05, 4.69) is 20.2 Å². The zero-order valence-electron chi connectivity index (χ0n) is 12.8. The number of piperidine rings is 1. The Bertz CT molecular complexity index is 455. The summed E-state index contributed by atoms with van der Waals surface area (Å²) in [6, 6.07) is 0. The normalized spacial score (nSPS) is 20.0. The molecule has 2 heterocycles. The summed E-state index contributed by atoms with van der Waals surface area (Å²) in [5.74, 6) is 3.54. The van der Waals surface area contributed by atoms with E-state index in [1.807, 2.05) is 7.05 Å². The van der Waals surface area contributed by atoms with Crippen LogP contribution in [0.5, 0.6) is 0 Å². The van der Waals surface area contributed by atoms with Crippen molar-refractivity contribution in [2.24, 2.45) is 5.92 Å². The van der Waals surface area contributed by atoms with Crippen LogP contribution in [0.1, 0.15) is 44.9 Å². The summed E-state index contributed by atoms with van der Waals surface area (Å²) >= 11 is 1.80. The van der Waals surface area contributed by atoms with Crippen molar-refractivity contribution in [3.8, 4) is 0 Å². The smallest absolute Gasteiger partial charge is 0.231 e. The van der Waals surface area contributed by atoms with E-state index in [9.17, 15) is 0 Å². The second-order valence-electron chi connectivity index (χ2n) is 6.00. The van der Waals surface area contributed by atoms with Crippen LogP contribution < -0.4 is 10.2 Å². The molecular formula is C15H25N5S. The zero-order chi connectivity index (χ0) is 14.5. The highest BCUT2D eigenvalue weighted by Crippen LogP contribution is 2.30. The van der Waals surface area contributed by atoms with Crippen molar-refractivity contribution >= 4 is 23.7 Å². The molecule has 1 aliphatic carbocycles. The van der Waals surface area contributed by atoms with Crippen LogP contribution in [0.2, 0.25) is 0 Å². The van der Waals surface area contributed by atoms with E-state index in [-0.39, 0.29) is 0 Å². The molecule has 21 heavy (non-hydrogen) atoms. The molecule has 0 amide bonds. The molecule has 5 nitrogen and oxygen atoms in total. The molecule has 0 spiro atoms. The summed E-state index contributed by atoms with van der Waals surface area (Å²) in [7, 11) is 1.88. The predicted molar refractivity (Wildman–Crippen MR) is 88.1 cm³/mol. The van der Waals surface area contributed by atoms with Gasteiger partial charge in [-0.3, -0.25) is 0 Å². The topological polar surface area (TPSA) is 53.9 Å². The van der Waals surface area contributed by atoms with E-state index in [0.717, 1.165) is 35.9 Å². The Hall–Kier alpha value is -1.04. The first-order valence-electron chi connectivity index (χ1n) is 8.17. The maximum atomic E-state index is 4.69. The van der Waals surface area contributed by atoms with Crippen molar-refractivity contribution in [3.05, 3.63) is 0 Å². The van der Waals surface area contributed by atoms with Crippen molar-refractivity contribution in [1.29, 1.82) is 0 Å². The first kappa shape index (κ1) is 14.9. The molecule has 116 valence electrons. The Labute approximate surface area is 131 Å². The molecule has 2 aliphatic rings. The van der Waals surface area contributed by atoms with Gasteiger partial charge in [0.1, 0.15) is 0 Å². The molecule has 1 saturated heterocycles. The average molecular weight is 307 g/mol. The highest BCUT2D eigenvalue weighted by atomic mass is 32.2. The van der Waals surface area contributed by atoms with Gasteiger partial charge in [-0.05, 0) is 38.0 Å². The van der Waals surface area contributed by atoms with Crippen LogP contribution in [-0.2, 0) is 0 Å². The van der Waals surface area contributed by atoms with Gasteiger partial charge in [0.05, 0.1) is 0 Å². The number of thioether (sulfide) groups is 1. The minimum Gasteiger partial charge on any atom is -0.357 e. The molecule has 0 atom stereocenters. The van der Waals surface area contributed by atoms with Gasteiger partial charge in [0.15, 0.2) is 5.16 Å². The van der Waals surface area contributed by atoms with Gasteiger partial charge >= 0.3 is 0 Å². The fraction of sp³-hybridized carbons (Fsp3) is 0.800. The number of hydrogen-bond donors (Lipinski definition) is 1. The molecule has 0 radical (unpaired) electrons. The molecular weight excluding hydrogens is 282 g/mol. The van der Waals surface area contributed by atoms with Gasteiger partial charge < -0.3 is 10.2 Å². The molecule has 0 unspecified atom stereocenters. The van der Waals surface area contributed by atoms with E-state index in [0.29, 0.717) is 5.95 Å². The number of hydrogen-bond acceptors (Lipinski definition) is 6. The van der Waals surface area contributed by atoms with Gasteiger partial charge in [0, 0.05) is 25.9 Å². The highest BCUT2D eigenvalue weighted by Gasteiger charge is 2.18. The van der Waals surface area contributed by atoms with Crippen molar-refractivity contribution < 1.29 is 0 Å². The molecule has 1 saturated carbocycles. The van der Waals surface area contributed by atoms with E-state index in [1.54, 1.807) is 11.8 Å². The number of aromatic nitrogens is 3. The van der Waals surface area contributed by atoms with Gasteiger partial charge in [0.25, 0.3) is 0 Å². The first-order valence-corrected chi connectivity index (χ1v) is 9.15. The average Bonchev–Trinajstić information content (AvgIpc) is 3.07. The Morgan fingerprint density at radius 3 is 2.52 bits per heavy atom. The van der Waals surface area contributed by atoms with Crippen LogP contribution in [0.4, 0.5) is 11.9 Å². The van der Waals surface area contributed by atoms with Gasteiger partial charge in [-0.25, -0.2) is 0 Å². The molecule has 2 fully saturated rings. The number of rotatable bonds is 5. The van der Waals surface area contributed by atoms with Crippen molar-refractivity contribution in [2.45, 2.75) is 50.1 Å². The molecule has 0 aromatic carbocycles. The summed E-state index contributed by atoms with van der Waals surface area (Å²) in [5, 5.41) is 3.95. The van der Waals surface area contributed by atoms with Crippen LogP contribution >= 0.6 is 11.8 Å². The minimum absolute atomic E-state index is 0.694. The van der Waals surface area contributed by atoms with E-state index >= 15 is 0 Å². The summed E-state index contributed by atoms with van der Waals surface area (Å²) in [6.07, 6.45) is 9.33. The molecule has 6 heteroatoms. The SMILES string of the molecule is CNc1nc(SCC2CCCC2)nc(N2CCCCC2)n1. The van der Waals surface area contributed by atoms with Crippen molar-refractivity contribution in [3.63, 3.8) is 0 Å². The predicted octanol–water partition coefficient (Wildman–Crippen LogP) is 3.19. The standard InChI is InChI=1S/C15H25N5S/c1-16-13-17-14(20-9-5-2-6-10-20)19-15(18-13)21-11-12-7-3-4-8-12/h12H,2-11H2,1H3,(H,16,17,18,19). The van der Waals surface area contributed by atoms with Crippen LogP contribution in [0.15, 0.2) is 5.16 Å². The minimum atomic E-state index is 0.694. The molecule has 1 aromatic heterocycles. The molecule has 1 aliphatic heterocycles. The summed E-state index contributed by atoms with van der Waals surface area (Å²) in [6.45, 7) is 2.14. The van der Waals surface area contributed by atoms with Gasteiger partial charge in [-0.2, -0.15) is 15.0 Å². The fourth-order valence-electron chi connectivity index (χ4n) is 3.13. The summed E-state index contributed by atoms with van der Waals surface area (Å²) in [5.41, 5.74) is 0.